The maximum absolute atomic E-state index is 9.50. The van der Waals surface area contributed by atoms with Crippen LogP contribution < -0.4 is 10.6 Å². The van der Waals surface area contributed by atoms with Crippen LogP contribution in [0.2, 0.25) is 0 Å². The van der Waals surface area contributed by atoms with Gasteiger partial charge >= 0.3 is 0 Å². The molecule has 12 heavy (non-hydrogen) atoms. The Bertz CT molecular complexity index is 189. The van der Waals surface area contributed by atoms with Crippen molar-refractivity contribution in [3.63, 3.8) is 0 Å². The Hall–Kier alpha value is -0.770. The molecule has 1 unspecified atom stereocenters. The number of rotatable bonds is 3. The first kappa shape index (κ1) is 7.86. The van der Waals surface area contributed by atoms with Crippen molar-refractivity contribution in [2.45, 2.75) is 18.9 Å². The summed E-state index contributed by atoms with van der Waals surface area (Å²) in [5.41, 5.74) is 0. The number of aliphatic hydroxyl groups is 1. The van der Waals surface area contributed by atoms with Crippen LogP contribution in [-0.2, 0) is 0 Å². The van der Waals surface area contributed by atoms with Crippen molar-refractivity contribution in [1.82, 2.24) is 10.6 Å². The summed E-state index contributed by atoms with van der Waals surface area (Å²) >= 11 is 0. The lowest BCUT2D eigenvalue weighted by atomic mass is 10.2. The highest BCUT2D eigenvalue weighted by molar-refractivity contribution is 5.81. The van der Waals surface area contributed by atoms with Crippen LogP contribution >= 0.6 is 0 Å². The zero-order chi connectivity index (χ0) is 8.39. The van der Waals surface area contributed by atoms with Crippen LogP contribution in [0, 0.1) is 5.92 Å². The Kier molecular flexibility index (Phi) is 2.17. The highest BCUT2D eigenvalue weighted by atomic mass is 16.3. The third-order valence-electron chi connectivity index (χ3n) is 2.32. The van der Waals surface area contributed by atoms with E-state index in [0.717, 1.165) is 19.0 Å². The molecule has 1 aliphatic heterocycles. The Morgan fingerprint density at radius 2 is 2.50 bits per heavy atom. The monoisotopic (exact) mass is 169 g/mol. The Morgan fingerprint density at radius 3 is 3.08 bits per heavy atom. The summed E-state index contributed by atoms with van der Waals surface area (Å²) in [5.74, 6) is 1.38. The van der Waals surface area contributed by atoms with Gasteiger partial charge in [-0.1, -0.05) is 0 Å². The molecule has 0 amide bonds. The van der Waals surface area contributed by atoms with Gasteiger partial charge in [0.25, 0.3) is 0 Å². The Labute approximate surface area is 72.1 Å². The van der Waals surface area contributed by atoms with E-state index in [1.165, 1.54) is 12.8 Å². The van der Waals surface area contributed by atoms with E-state index in [-0.39, 0.29) is 6.10 Å². The maximum atomic E-state index is 9.50. The summed E-state index contributed by atoms with van der Waals surface area (Å²) in [6.45, 7) is 2.40. The second kappa shape index (κ2) is 3.31. The topological polar surface area (TPSA) is 56.6 Å². The molecule has 0 saturated heterocycles. The molecule has 1 heterocycles. The van der Waals surface area contributed by atoms with Crippen molar-refractivity contribution in [3.05, 3.63) is 0 Å². The molecule has 4 nitrogen and oxygen atoms in total. The van der Waals surface area contributed by atoms with Crippen LogP contribution in [0.5, 0.6) is 0 Å². The third-order valence-corrected chi connectivity index (χ3v) is 2.32. The molecule has 0 aromatic rings. The predicted molar refractivity (Wildman–Crippen MR) is 47.0 cm³/mol. The first-order valence-corrected chi connectivity index (χ1v) is 4.56. The molecule has 0 spiro atoms. The molecule has 1 aliphatic carbocycles. The Balaban J connectivity index is 1.66. The second-order valence-electron chi connectivity index (χ2n) is 3.44. The SMILES string of the molecule is OC(CNC1=NCCN1)C1CC1. The highest BCUT2D eigenvalue weighted by Crippen LogP contribution is 2.32. The highest BCUT2D eigenvalue weighted by Gasteiger charge is 2.29. The van der Waals surface area contributed by atoms with Gasteiger partial charge in [0.2, 0.25) is 0 Å². The van der Waals surface area contributed by atoms with E-state index in [4.69, 9.17) is 0 Å². The Morgan fingerprint density at radius 1 is 1.67 bits per heavy atom. The number of nitrogens with zero attached hydrogens (tertiary/aromatic N) is 1. The fourth-order valence-corrected chi connectivity index (χ4v) is 1.37. The number of aliphatic imine (C=N–C) groups is 1. The summed E-state index contributed by atoms with van der Waals surface area (Å²) in [6.07, 6.45) is 2.18. The normalized spacial score (nSPS) is 24.6. The van der Waals surface area contributed by atoms with Gasteiger partial charge in [0.05, 0.1) is 12.6 Å². The zero-order valence-electron chi connectivity index (χ0n) is 7.08. The number of nitrogens with one attached hydrogen (secondary N) is 2. The lowest BCUT2D eigenvalue weighted by Crippen LogP contribution is -2.39. The number of hydrogen-bond acceptors (Lipinski definition) is 4. The van der Waals surface area contributed by atoms with Crippen LogP contribution in [0.1, 0.15) is 12.8 Å². The van der Waals surface area contributed by atoms with Gasteiger partial charge in [-0.05, 0) is 18.8 Å². The van der Waals surface area contributed by atoms with Gasteiger partial charge in [-0.2, -0.15) is 0 Å². The van der Waals surface area contributed by atoms with Crippen molar-refractivity contribution < 1.29 is 5.11 Å². The molecular formula is C8H15N3O. The van der Waals surface area contributed by atoms with Gasteiger partial charge in [0.1, 0.15) is 0 Å². The molecule has 1 saturated carbocycles. The van der Waals surface area contributed by atoms with Gasteiger partial charge < -0.3 is 15.7 Å². The lowest BCUT2D eigenvalue weighted by molar-refractivity contribution is 0.154. The molecule has 68 valence electrons. The minimum absolute atomic E-state index is 0.185. The molecule has 4 heteroatoms. The van der Waals surface area contributed by atoms with E-state index in [0.29, 0.717) is 12.5 Å². The molecule has 1 atom stereocenters. The zero-order valence-corrected chi connectivity index (χ0v) is 7.08. The number of hydrogen-bond donors (Lipinski definition) is 3. The number of aliphatic hydroxyl groups excluding tert-OH is 1. The molecule has 0 radical (unpaired) electrons. The van der Waals surface area contributed by atoms with E-state index >= 15 is 0 Å². The van der Waals surface area contributed by atoms with E-state index < -0.39 is 0 Å². The van der Waals surface area contributed by atoms with Crippen LogP contribution in [0.3, 0.4) is 0 Å². The van der Waals surface area contributed by atoms with Crippen molar-refractivity contribution in [2.75, 3.05) is 19.6 Å². The first-order valence-electron chi connectivity index (χ1n) is 4.56. The van der Waals surface area contributed by atoms with Gasteiger partial charge in [0, 0.05) is 13.1 Å². The fourth-order valence-electron chi connectivity index (χ4n) is 1.37. The molecular weight excluding hydrogens is 154 g/mol. The van der Waals surface area contributed by atoms with Crippen LogP contribution in [0.4, 0.5) is 0 Å². The molecule has 0 bridgehead atoms. The average Bonchev–Trinajstić information content (AvgIpc) is 2.80. The summed E-state index contributed by atoms with van der Waals surface area (Å²) in [4.78, 5) is 4.17. The maximum Gasteiger partial charge on any atom is 0.191 e. The van der Waals surface area contributed by atoms with Gasteiger partial charge in [-0.15, -0.1) is 0 Å². The average molecular weight is 169 g/mol. The van der Waals surface area contributed by atoms with Crippen LogP contribution in [0.25, 0.3) is 0 Å². The standard InChI is InChI=1S/C8H15N3O/c12-7(6-1-2-6)5-11-8-9-3-4-10-8/h6-7,12H,1-5H2,(H2,9,10,11). The largest absolute Gasteiger partial charge is 0.391 e. The van der Waals surface area contributed by atoms with E-state index in [1.807, 2.05) is 0 Å². The lowest BCUT2D eigenvalue weighted by Gasteiger charge is -2.11. The van der Waals surface area contributed by atoms with E-state index in [9.17, 15) is 5.11 Å². The smallest absolute Gasteiger partial charge is 0.191 e. The quantitative estimate of drug-likeness (QED) is 0.524. The second-order valence-corrected chi connectivity index (χ2v) is 3.44. The molecule has 3 N–H and O–H groups in total. The van der Waals surface area contributed by atoms with E-state index in [2.05, 4.69) is 15.6 Å². The van der Waals surface area contributed by atoms with Crippen molar-refractivity contribution >= 4 is 5.96 Å². The van der Waals surface area contributed by atoms with Crippen LogP contribution in [-0.4, -0.2) is 36.8 Å². The van der Waals surface area contributed by atoms with Gasteiger partial charge in [-0.3, -0.25) is 4.99 Å². The molecule has 0 aromatic carbocycles. The first-order chi connectivity index (χ1) is 5.86. The predicted octanol–water partition coefficient (Wildman–Crippen LogP) is -0.694. The summed E-state index contributed by atoms with van der Waals surface area (Å²) in [5, 5.41) is 15.7. The van der Waals surface area contributed by atoms with Crippen molar-refractivity contribution in [1.29, 1.82) is 0 Å². The molecule has 2 aliphatic rings. The summed E-state index contributed by atoms with van der Waals surface area (Å²) in [7, 11) is 0. The number of guanidine groups is 1. The van der Waals surface area contributed by atoms with Crippen LogP contribution in [0.15, 0.2) is 4.99 Å². The molecule has 0 aromatic heterocycles. The summed E-state index contributed by atoms with van der Waals surface area (Å²) < 4.78 is 0. The third kappa shape index (κ3) is 1.88. The summed E-state index contributed by atoms with van der Waals surface area (Å²) in [6, 6.07) is 0. The van der Waals surface area contributed by atoms with Gasteiger partial charge in [-0.25, -0.2) is 0 Å². The van der Waals surface area contributed by atoms with E-state index in [1.54, 1.807) is 0 Å². The van der Waals surface area contributed by atoms with Gasteiger partial charge in [0.15, 0.2) is 5.96 Å². The molecule has 1 fully saturated rings. The van der Waals surface area contributed by atoms with Crippen molar-refractivity contribution in [2.24, 2.45) is 10.9 Å². The fraction of sp³-hybridized carbons (Fsp3) is 0.875. The van der Waals surface area contributed by atoms with Crippen molar-refractivity contribution in [3.8, 4) is 0 Å². The molecule has 2 rings (SSSR count). The minimum atomic E-state index is -0.185. The minimum Gasteiger partial charge on any atom is -0.391 e.